The standard InChI is InChI=1S/C22H26O6/c1-26-19-9-8-13-10-15(19)16-12-14(20(25)22(28-3)21(16)27-2)6-4-5-7-17(23)18(24)11-13/h8-10,12,18,24-25H,4-7,11H2,1-3H3. The molecule has 2 aromatic rings. The van der Waals surface area contributed by atoms with Gasteiger partial charge in [-0.3, -0.25) is 4.79 Å². The van der Waals surface area contributed by atoms with E-state index in [1.54, 1.807) is 13.2 Å². The van der Waals surface area contributed by atoms with Gasteiger partial charge in [0.1, 0.15) is 11.9 Å². The van der Waals surface area contributed by atoms with Gasteiger partial charge < -0.3 is 24.4 Å². The number of Topliss-reactive ketones (excluding diaryl/α,β-unsaturated/α-hetero) is 1. The number of aromatic hydroxyl groups is 1. The Morgan fingerprint density at radius 1 is 0.929 bits per heavy atom. The summed E-state index contributed by atoms with van der Waals surface area (Å²) in [6.45, 7) is 0. The number of rotatable bonds is 3. The fraction of sp³-hybridized carbons (Fsp3) is 0.409. The second-order valence-electron chi connectivity index (χ2n) is 6.93. The molecule has 1 unspecified atom stereocenters. The van der Waals surface area contributed by atoms with Crippen LogP contribution >= 0.6 is 0 Å². The Bertz CT molecular complexity index is 874. The highest BCUT2D eigenvalue weighted by Crippen LogP contribution is 2.48. The van der Waals surface area contributed by atoms with Crippen LogP contribution in [0.3, 0.4) is 0 Å². The smallest absolute Gasteiger partial charge is 0.203 e. The van der Waals surface area contributed by atoms with Crippen LogP contribution in [0.1, 0.15) is 30.4 Å². The fourth-order valence-corrected chi connectivity index (χ4v) is 3.68. The van der Waals surface area contributed by atoms with E-state index in [0.717, 1.165) is 16.7 Å². The predicted octanol–water partition coefficient (Wildman–Crippen LogP) is 3.28. The molecular formula is C22H26O6. The van der Waals surface area contributed by atoms with E-state index in [0.29, 0.717) is 42.7 Å². The lowest BCUT2D eigenvalue weighted by Crippen LogP contribution is -2.22. The molecule has 1 atom stereocenters. The number of fused-ring (bicyclic) bond motifs is 5. The molecule has 0 saturated heterocycles. The van der Waals surface area contributed by atoms with E-state index >= 15 is 0 Å². The summed E-state index contributed by atoms with van der Waals surface area (Å²) in [4.78, 5) is 12.2. The lowest BCUT2D eigenvalue weighted by molar-refractivity contribution is -0.127. The van der Waals surface area contributed by atoms with Crippen molar-refractivity contribution < 1.29 is 29.2 Å². The van der Waals surface area contributed by atoms with Crippen molar-refractivity contribution in [2.75, 3.05) is 21.3 Å². The fourth-order valence-electron chi connectivity index (χ4n) is 3.68. The second kappa shape index (κ2) is 8.52. The molecule has 0 saturated carbocycles. The Hall–Kier alpha value is -2.73. The third-order valence-corrected chi connectivity index (χ3v) is 5.17. The molecule has 0 aliphatic heterocycles. The minimum Gasteiger partial charge on any atom is -0.504 e. The maximum Gasteiger partial charge on any atom is 0.203 e. The number of ether oxygens (including phenoxy) is 3. The van der Waals surface area contributed by atoms with Gasteiger partial charge in [-0.05, 0) is 48.6 Å². The number of hydrogen-bond donors (Lipinski definition) is 2. The molecule has 28 heavy (non-hydrogen) atoms. The van der Waals surface area contributed by atoms with E-state index in [-0.39, 0.29) is 23.7 Å². The van der Waals surface area contributed by atoms with E-state index in [2.05, 4.69) is 0 Å². The van der Waals surface area contributed by atoms with Crippen LogP contribution in [-0.2, 0) is 17.6 Å². The van der Waals surface area contributed by atoms with E-state index in [4.69, 9.17) is 14.2 Å². The maximum absolute atomic E-state index is 12.2. The highest BCUT2D eigenvalue weighted by atomic mass is 16.5. The van der Waals surface area contributed by atoms with Crippen LogP contribution in [-0.4, -0.2) is 43.4 Å². The van der Waals surface area contributed by atoms with Crippen LogP contribution in [0.5, 0.6) is 23.0 Å². The first-order chi connectivity index (χ1) is 13.5. The van der Waals surface area contributed by atoms with Crippen LogP contribution in [0, 0.1) is 0 Å². The van der Waals surface area contributed by atoms with Gasteiger partial charge in [-0.15, -0.1) is 0 Å². The van der Waals surface area contributed by atoms with Crippen molar-refractivity contribution in [3.63, 3.8) is 0 Å². The van der Waals surface area contributed by atoms with Crippen molar-refractivity contribution in [1.82, 2.24) is 0 Å². The summed E-state index contributed by atoms with van der Waals surface area (Å²) in [7, 11) is 4.59. The molecule has 1 aliphatic rings. The average Bonchev–Trinajstić information content (AvgIpc) is 2.71. The quantitative estimate of drug-likeness (QED) is 0.842. The van der Waals surface area contributed by atoms with Gasteiger partial charge in [0, 0.05) is 24.0 Å². The molecule has 2 aromatic carbocycles. The van der Waals surface area contributed by atoms with E-state index in [1.165, 1.54) is 14.2 Å². The number of phenols is 1. The maximum atomic E-state index is 12.2. The van der Waals surface area contributed by atoms with Crippen molar-refractivity contribution in [2.24, 2.45) is 0 Å². The van der Waals surface area contributed by atoms with Crippen LogP contribution in [0.4, 0.5) is 0 Å². The number of phenolic OH excluding ortho intramolecular Hbond substituents is 1. The third-order valence-electron chi connectivity index (χ3n) is 5.17. The molecule has 0 heterocycles. The number of benzene rings is 2. The zero-order chi connectivity index (χ0) is 20.3. The number of methoxy groups -OCH3 is 3. The van der Waals surface area contributed by atoms with Crippen LogP contribution in [0.25, 0.3) is 11.1 Å². The highest BCUT2D eigenvalue weighted by molar-refractivity contribution is 5.84. The summed E-state index contributed by atoms with van der Waals surface area (Å²) in [5, 5.41) is 21.0. The number of aliphatic hydroxyl groups excluding tert-OH is 1. The normalized spacial score (nSPS) is 17.1. The van der Waals surface area contributed by atoms with Gasteiger partial charge >= 0.3 is 0 Å². The van der Waals surface area contributed by atoms with Gasteiger partial charge in [0.15, 0.2) is 17.3 Å². The molecular weight excluding hydrogens is 360 g/mol. The monoisotopic (exact) mass is 386 g/mol. The molecule has 3 rings (SSSR count). The van der Waals surface area contributed by atoms with Gasteiger partial charge in [0.2, 0.25) is 5.75 Å². The molecule has 0 aromatic heterocycles. The Labute approximate surface area is 164 Å². The van der Waals surface area contributed by atoms with Crippen LogP contribution in [0.2, 0.25) is 0 Å². The van der Waals surface area contributed by atoms with Gasteiger partial charge in [0.05, 0.1) is 21.3 Å². The molecule has 150 valence electrons. The molecule has 1 aliphatic carbocycles. The Kier molecular flexibility index (Phi) is 6.09. The number of hydrogen-bond acceptors (Lipinski definition) is 6. The molecule has 4 bridgehead atoms. The van der Waals surface area contributed by atoms with Gasteiger partial charge in [-0.25, -0.2) is 0 Å². The molecule has 0 spiro atoms. The first kappa shape index (κ1) is 20.0. The largest absolute Gasteiger partial charge is 0.504 e. The zero-order valence-corrected chi connectivity index (χ0v) is 16.4. The summed E-state index contributed by atoms with van der Waals surface area (Å²) in [5.74, 6) is 1.18. The van der Waals surface area contributed by atoms with Crippen molar-refractivity contribution in [3.8, 4) is 34.1 Å². The summed E-state index contributed by atoms with van der Waals surface area (Å²) in [5.41, 5.74) is 3.00. The van der Waals surface area contributed by atoms with E-state index in [1.807, 2.05) is 18.2 Å². The summed E-state index contributed by atoms with van der Waals surface area (Å²) in [6, 6.07) is 7.41. The topological polar surface area (TPSA) is 85.2 Å². The SMILES string of the molecule is COc1ccc2cc1-c1cc(c(O)c(OC)c1OC)CCCCC(=O)C(O)C2. The number of aliphatic hydroxyl groups is 1. The van der Waals surface area contributed by atoms with Crippen molar-refractivity contribution in [2.45, 2.75) is 38.2 Å². The lowest BCUT2D eigenvalue weighted by Gasteiger charge is -2.19. The van der Waals surface area contributed by atoms with E-state index in [9.17, 15) is 15.0 Å². The minimum absolute atomic E-state index is 0.0412. The first-order valence-corrected chi connectivity index (χ1v) is 9.35. The minimum atomic E-state index is -1.03. The lowest BCUT2D eigenvalue weighted by atomic mass is 9.95. The summed E-state index contributed by atoms with van der Waals surface area (Å²) < 4.78 is 16.5. The molecule has 6 heteroatoms. The predicted molar refractivity (Wildman–Crippen MR) is 105 cm³/mol. The average molecular weight is 386 g/mol. The Balaban J connectivity index is 2.27. The number of ketones is 1. The zero-order valence-electron chi connectivity index (χ0n) is 16.4. The van der Waals surface area contributed by atoms with Gasteiger partial charge in [0.25, 0.3) is 0 Å². The highest BCUT2D eigenvalue weighted by Gasteiger charge is 2.24. The molecule has 0 radical (unpaired) electrons. The summed E-state index contributed by atoms with van der Waals surface area (Å²) in [6.07, 6.45) is 1.43. The van der Waals surface area contributed by atoms with Crippen LogP contribution < -0.4 is 14.2 Å². The molecule has 0 amide bonds. The van der Waals surface area contributed by atoms with Crippen molar-refractivity contribution in [1.29, 1.82) is 0 Å². The van der Waals surface area contributed by atoms with Gasteiger partial charge in [-0.2, -0.15) is 0 Å². The Morgan fingerprint density at radius 2 is 1.64 bits per heavy atom. The molecule has 0 fully saturated rings. The number of carbonyl (C=O) groups is 1. The van der Waals surface area contributed by atoms with E-state index < -0.39 is 6.10 Å². The Morgan fingerprint density at radius 3 is 2.32 bits per heavy atom. The molecule has 6 nitrogen and oxygen atoms in total. The van der Waals surface area contributed by atoms with Crippen LogP contribution in [0.15, 0.2) is 24.3 Å². The third kappa shape index (κ3) is 3.78. The number of aryl methyl sites for hydroxylation is 1. The molecule has 2 N–H and O–H groups in total. The second-order valence-corrected chi connectivity index (χ2v) is 6.93. The van der Waals surface area contributed by atoms with Crippen molar-refractivity contribution >= 4 is 5.78 Å². The summed E-state index contributed by atoms with van der Waals surface area (Å²) >= 11 is 0. The van der Waals surface area contributed by atoms with Gasteiger partial charge in [-0.1, -0.05) is 6.07 Å². The first-order valence-electron chi connectivity index (χ1n) is 9.35. The van der Waals surface area contributed by atoms with Crippen molar-refractivity contribution in [3.05, 3.63) is 35.4 Å². The number of carbonyl (C=O) groups excluding carboxylic acids is 1.